The fourth-order valence-electron chi connectivity index (χ4n) is 1.84. The molecule has 0 aliphatic carbocycles. The van der Waals surface area contributed by atoms with E-state index >= 15 is 0 Å². The molecule has 0 saturated heterocycles. The SMILES string of the molecule is COCCN(CCNCc1ccccc1)CCOC. The smallest absolute Gasteiger partial charge is 0.0589 e. The maximum Gasteiger partial charge on any atom is 0.0589 e. The van der Waals surface area contributed by atoms with Gasteiger partial charge in [-0.15, -0.1) is 0 Å². The highest BCUT2D eigenvalue weighted by Gasteiger charge is 2.03. The van der Waals surface area contributed by atoms with Crippen LogP contribution in [0.15, 0.2) is 30.3 Å². The summed E-state index contributed by atoms with van der Waals surface area (Å²) in [4.78, 5) is 2.35. The van der Waals surface area contributed by atoms with Gasteiger partial charge in [-0.1, -0.05) is 30.3 Å². The number of rotatable bonds is 11. The van der Waals surface area contributed by atoms with Gasteiger partial charge in [-0.2, -0.15) is 0 Å². The minimum atomic E-state index is 0.766. The molecule has 0 spiro atoms. The Hall–Kier alpha value is -0.940. The first-order valence-corrected chi connectivity index (χ1v) is 6.81. The summed E-state index contributed by atoms with van der Waals surface area (Å²) in [6, 6.07) is 10.5. The zero-order valence-electron chi connectivity index (χ0n) is 12.1. The second-order valence-corrected chi connectivity index (χ2v) is 4.49. The summed E-state index contributed by atoms with van der Waals surface area (Å²) >= 11 is 0. The number of methoxy groups -OCH3 is 2. The largest absolute Gasteiger partial charge is 0.383 e. The van der Waals surface area contributed by atoms with E-state index in [1.54, 1.807) is 14.2 Å². The quantitative estimate of drug-likeness (QED) is 0.613. The Kier molecular flexibility index (Phi) is 9.27. The molecule has 108 valence electrons. The van der Waals surface area contributed by atoms with Crippen molar-refractivity contribution in [2.24, 2.45) is 0 Å². The first-order valence-electron chi connectivity index (χ1n) is 6.81. The highest BCUT2D eigenvalue weighted by atomic mass is 16.5. The lowest BCUT2D eigenvalue weighted by Crippen LogP contribution is -2.36. The lowest BCUT2D eigenvalue weighted by molar-refractivity contribution is 0.114. The molecule has 0 radical (unpaired) electrons. The minimum absolute atomic E-state index is 0.766. The lowest BCUT2D eigenvalue weighted by atomic mass is 10.2. The summed E-state index contributed by atoms with van der Waals surface area (Å²) in [6.45, 7) is 6.34. The molecule has 0 heterocycles. The van der Waals surface area contributed by atoms with Crippen molar-refractivity contribution in [2.45, 2.75) is 6.54 Å². The molecule has 0 aromatic heterocycles. The van der Waals surface area contributed by atoms with Gasteiger partial charge >= 0.3 is 0 Å². The fraction of sp³-hybridized carbons (Fsp3) is 0.600. The summed E-state index contributed by atoms with van der Waals surface area (Å²) in [5, 5.41) is 3.46. The molecule has 1 N–H and O–H groups in total. The average Bonchev–Trinajstić information content (AvgIpc) is 2.46. The van der Waals surface area contributed by atoms with Gasteiger partial charge in [0.2, 0.25) is 0 Å². The van der Waals surface area contributed by atoms with Crippen molar-refractivity contribution in [1.82, 2.24) is 10.2 Å². The molecular weight excluding hydrogens is 240 g/mol. The van der Waals surface area contributed by atoms with E-state index in [1.807, 2.05) is 6.07 Å². The number of hydrogen-bond donors (Lipinski definition) is 1. The van der Waals surface area contributed by atoms with Gasteiger partial charge in [0.1, 0.15) is 0 Å². The number of hydrogen-bond acceptors (Lipinski definition) is 4. The van der Waals surface area contributed by atoms with Crippen LogP contribution >= 0.6 is 0 Å². The predicted octanol–water partition coefficient (Wildman–Crippen LogP) is 1.37. The second-order valence-electron chi connectivity index (χ2n) is 4.49. The van der Waals surface area contributed by atoms with E-state index in [4.69, 9.17) is 9.47 Å². The van der Waals surface area contributed by atoms with Crippen LogP contribution in [0.5, 0.6) is 0 Å². The fourth-order valence-corrected chi connectivity index (χ4v) is 1.84. The van der Waals surface area contributed by atoms with E-state index in [2.05, 4.69) is 34.5 Å². The van der Waals surface area contributed by atoms with E-state index in [0.29, 0.717) is 0 Å². The average molecular weight is 266 g/mol. The van der Waals surface area contributed by atoms with E-state index in [9.17, 15) is 0 Å². The molecule has 0 amide bonds. The zero-order valence-corrected chi connectivity index (χ0v) is 12.1. The molecule has 0 bridgehead atoms. The minimum Gasteiger partial charge on any atom is -0.383 e. The maximum atomic E-state index is 5.13. The molecule has 1 aromatic rings. The third-order valence-corrected chi connectivity index (χ3v) is 3.00. The van der Waals surface area contributed by atoms with Crippen LogP contribution in [0.25, 0.3) is 0 Å². The molecule has 1 rings (SSSR count). The maximum absolute atomic E-state index is 5.13. The normalized spacial score (nSPS) is 11.1. The molecule has 0 aliphatic rings. The van der Waals surface area contributed by atoms with Gasteiger partial charge in [0.05, 0.1) is 13.2 Å². The Morgan fingerprint density at radius 3 is 2.16 bits per heavy atom. The van der Waals surface area contributed by atoms with Crippen molar-refractivity contribution in [3.63, 3.8) is 0 Å². The summed E-state index contributed by atoms with van der Waals surface area (Å²) in [6.07, 6.45) is 0. The second kappa shape index (κ2) is 10.9. The monoisotopic (exact) mass is 266 g/mol. The number of nitrogens with one attached hydrogen (secondary N) is 1. The van der Waals surface area contributed by atoms with Crippen LogP contribution in [0.2, 0.25) is 0 Å². The third-order valence-electron chi connectivity index (χ3n) is 3.00. The molecular formula is C15H26N2O2. The van der Waals surface area contributed by atoms with Crippen molar-refractivity contribution in [3.8, 4) is 0 Å². The highest BCUT2D eigenvalue weighted by Crippen LogP contribution is 1.97. The van der Waals surface area contributed by atoms with Gasteiger partial charge in [-0.3, -0.25) is 4.90 Å². The molecule has 19 heavy (non-hydrogen) atoms. The topological polar surface area (TPSA) is 33.7 Å². The van der Waals surface area contributed by atoms with Crippen molar-refractivity contribution < 1.29 is 9.47 Å². The standard InChI is InChI=1S/C15H26N2O2/c1-18-12-10-17(11-13-19-2)9-8-16-14-15-6-4-3-5-7-15/h3-7,16H,8-14H2,1-2H3. The van der Waals surface area contributed by atoms with Gasteiger partial charge in [0, 0.05) is 46.9 Å². The van der Waals surface area contributed by atoms with Crippen LogP contribution in [0.4, 0.5) is 0 Å². The van der Waals surface area contributed by atoms with Crippen LogP contribution in [-0.4, -0.2) is 58.5 Å². The van der Waals surface area contributed by atoms with Crippen molar-refractivity contribution >= 4 is 0 Å². The van der Waals surface area contributed by atoms with Gasteiger partial charge in [0.25, 0.3) is 0 Å². The van der Waals surface area contributed by atoms with Gasteiger partial charge in [-0.05, 0) is 5.56 Å². The molecule has 0 atom stereocenters. The van der Waals surface area contributed by atoms with E-state index in [0.717, 1.165) is 45.9 Å². The van der Waals surface area contributed by atoms with Crippen LogP contribution in [-0.2, 0) is 16.0 Å². The molecule has 0 aliphatic heterocycles. The van der Waals surface area contributed by atoms with Crippen molar-refractivity contribution in [2.75, 3.05) is 53.6 Å². The number of benzene rings is 1. The molecule has 1 aromatic carbocycles. The number of ether oxygens (including phenoxy) is 2. The van der Waals surface area contributed by atoms with Gasteiger partial charge in [0.15, 0.2) is 0 Å². The first-order chi connectivity index (χ1) is 9.36. The van der Waals surface area contributed by atoms with Crippen molar-refractivity contribution in [1.29, 1.82) is 0 Å². The molecule has 4 nitrogen and oxygen atoms in total. The van der Waals surface area contributed by atoms with Crippen LogP contribution in [0.1, 0.15) is 5.56 Å². The Labute approximate surface area is 116 Å². The molecule has 4 heteroatoms. The van der Waals surface area contributed by atoms with Gasteiger partial charge < -0.3 is 14.8 Å². The summed E-state index contributed by atoms with van der Waals surface area (Å²) < 4.78 is 10.3. The Morgan fingerprint density at radius 1 is 0.947 bits per heavy atom. The Balaban J connectivity index is 2.16. The van der Waals surface area contributed by atoms with E-state index in [1.165, 1.54) is 5.56 Å². The van der Waals surface area contributed by atoms with Crippen molar-refractivity contribution in [3.05, 3.63) is 35.9 Å². The number of nitrogens with zero attached hydrogens (tertiary/aromatic N) is 1. The third kappa shape index (κ3) is 7.95. The van der Waals surface area contributed by atoms with Crippen LogP contribution in [0, 0.1) is 0 Å². The molecule has 0 fully saturated rings. The first kappa shape index (κ1) is 16.1. The van der Waals surface area contributed by atoms with Crippen LogP contribution in [0.3, 0.4) is 0 Å². The summed E-state index contributed by atoms with van der Waals surface area (Å²) in [7, 11) is 3.48. The summed E-state index contributed by atoms with van der Waals surface area (Å²) in [5.74, 6) is 0. The van der Waals surface area contributed by atoms with E-state index < -0.39 is 0 Å². The van der Waals surface area contributed by atoms with E-state index in [-0.39, 0.29) is 0 Å². The molecule has 0 saturated carbocycles. The highest BCUT2D eigenvalue weighted by molar-refractivity contribution is 5.14. The summed E-state index contributed by atoms with van der Waals surface area (Å²) in [5.41, 5.74) is 1.32. The zero-order chi connectivity index (χ0) is 13.8. The Morgan fingerprint density at radius 2 is 1.58 bits per heavy atom. The molecule has 0 unspecified atom stereocenters. The Bertz CT molecular complexity index is 298. The van der Waals surface area contributed by atoms with Crippen LogP contribution < -0.4 is 5.32 Å². The predicted molar refractivity (Wildman–Crippen MR) is 78.3 cm³/mol. The van der Waals surface area contributed by atoms with Gasteiger partial charge in [-0.25, -0.2) is 0 Å². The lowest BCUT2D eigenvalue weighted by Gasteiger charge is -2.21.